The first-order valence-corrected chi connectivity index (χ1v) is 14.9. The molecule has 3 atom stereocenters. The van der Waals surface area contributed by atoms with Gasteiger partial charge >= 0.3 is 5.97 Å². The van der Waals surface area contributed by atoms with E-state index in [-0.39, 0.29) is 30.1 Å². The Morgan fingerprint density at radius 1 is 1.18 bits per heavy atom. The fourth-order valence-corrected chi connectivity index (χ4v) is 7.69. The Morgan fingerprint density at radius 2 is 1.79 bits per heavy atom. The van der Waals surface area contributed by atoms with E-state index in [1.165, 1.54) is 16.7 Å². The lowest BCUT2D eigenvalue weighted by molar-refractivity contribution is -0.173. The number of nitrogens with zero attached hydrogens (tertiary/aromatic N) is 2. The lowest BCUT2D eigenvalue weighted by Crippen LogP contribution is -2.75. The lowest BCUT2D eigenvalue weighted by Gasteiger charge is -2.46. The van der Waals surface area contributed by atoms with E-state index in [1.807, 2.05) is 0 Å². The number of hydrogen-bond donors (Lipinski definition) is 4. The molecule has 2 fully saturated rings. The molecule has 14 heteroatoms. The molecule has 39 heavy (non-hydrogen) atoms. The van der Waals surface area contributed by atoms with Crippen LogP contribution < -0.4 is 16.4 Å². The molecule has 3 amide bonds. The quantitative estimate of drug-likeness (QED) is 0.140. The van der Waals surface area contributed by atoms with E-state index in [9.17, 15) is 24.3 Å². The largest absolute Gasteiger partial charge is 0.478 e. The molecule has 2 aliphatic rings. The van der Waals surface area contributed by atoms with Crippen molar-refractivity contribution in [3.8, 4) is 0 Å². The smallest absolute Gasteiger partial charge is 0.352 e. The highest BCUT2D eigenvalue weighted by Crippen LogP contribution is 2.55. The Balaban J connectivity index is 1.58. The van der Waals surface area contributed by atoms with Crippen molar-refractivity contribution in [2.75, 3.05) is 6.54 Å². The van der Waals surface area contributed by atoms with Crippen molar-refractivity contribution in [2.24, 2.45) is 10.7 Å². The second-order valence-electron chi connectivity index (χ2n) is 9.42. The summed E-state index contributed by atoms with van der Waals surface area (Å²) in [5.41, 5.74) is 5.11. The van der Waals surface area contributed by atoms with Crippen molar-refractivity contribution >= 4 is 89.1 Å². The van der Waals surface area contributed by atoms with Crippen molar-refractivity contribution < 1.29 is 24.3 Å². The van der Waals surface area contributed by atoms with Gasteiger partial charge in [0, 0.05) is 19.0 Å². The maximum Gasteiger partial charge on any atom is 0.352 e. The number of carbonyl (C=O) groups excluding carboxylic acids is 3. The number of rotatable bonds is 8. The molecule has 10 nitrogen and oxygen atoms in total. The van der Waals surface area contributed by atoms with Gasteiger partial charge in [0.25, 0.3) is 0 Å². The van der Waals surface area contributed by atoms with Gasteiger partial charge in [0.05, 0.1) is 16.5 Å². The fourth-order valence-electron chi connectivity index (χ4n) is 4.58. The Bertz CT molecular complexity index is 1370. The number of benzene rings is 2. The van der Waals surface area contributed by atoms with Crippen LogP contribution in [0.5, 0.6) is 0 Å². The number of fused-ring (bicyclic) bond motifs is 1. The molecule has 0 saturated carbocycles. The van der Waals surface area contributed by atoms with Gasteiger partial charge in [-0.25, -0.2) is 4.79 Å². The van der Waals surface area contributed by atoms with Gasteiger partial charge in [0.2, 0.25) is 23.4 Å². The minimum Gasteiger partial charge on any atom is -0.478 e. The van der Waals surface area contributed by atoms with Crippen molar-refractivity contribution in [2.45, 2.75) is 42.1 Å². The molecule has 0 spiro atoms. The third-order valence-electron chi connectivity index (χ3n) is 6.56. The second-order valence-corrected chi connectivity index (χ2v) is 13.7. The molecule has 4 rings (SSSR count). The summed E-state index contributed by atoms with van der Waals surface area (Å²) in [6.07, 6.45) is 0.197. The van der Waals surface area contributed by atoms with Gasteiger partial charge in [-0.3, -0.25) is 24.3 Å². The standard InChI is InChI=1S/C25H24Br3N5O5S/c1-24(2)25(23(37)38,33-17(35)10-18(33)39-24)32-22(36)20(12-6-4-3-5-7-12)31-16(34)11-30-21(29)13-8-14(26)19(28)15(27)9-13/h3-9,18,20H,10-11H2,1-2H3,(H2,29,30)(H,31,34)(H,32,36)(H,37,38)/t18-,20?,25+/m1/s1. The number of amides is 3. The van der Waals surface area contributed by atoms with Gasteiger partial charge in [-0.1, -0.05) is 30.3 Å². The van der Waals surface area contributed by atoms with Crippen molar-refractivity contribution in [1.29, 1.82) is 0 Å². The molecule has 1 unspecified atom stereocenters. The molecule has 0 aromatic heterocycles. The second kappa shape index (κ2) is 11.2. The Kier molecular flexibility index (Phi) is 8.50. The predicted molar refractivity (Wildman–Crippen MR) is 158 cm³/mol. The molecule has 0 aliphatic carbocycles. The predicted octanol–water partition coefficient (Wildman–Crippen LogP) is 3.52. The molecular weight excluding hydrogens is 722 g/mol. The molecular formula is C25H24Br3N5O5S. The van der Waals surface area contributed by atoms with E-state index in [2.05, 4.69) is 63.4 Å². The van der Waals surface area contributed by atoms with E-state index in [1.54, 1.807) is 56.3 Å². The number of aliphatic carboxylic acids is 1. The molecule has 2 saturated heterocycles. The highest BCUT2D eigenvalue weighted by atomic mass is 79.9. The molecule has 0 radical (unpaired) electrons. The highest BCUT2D eigenvalue weighted by Gasteiger charge is 2.70. The summed E-state index contributed by atoms with van der Waals surface area (Å²) in [6, 6.07) is 10.6. The first-order valence-electron chi connectivity index (χ1n) is 11.6. The molecule has 0 bridgehead atoms. The van der Waals surface area contributed by atoms with Gasteiger partial charge < -0.3 is 21.5 Å². The number of nitrogens with one attached hydrogen (secondary N) is 2. The number of carbonyl (C=O) groups is 4. The molecule has 2 aliphatic heterocycles. The number of hydrogen-bond acceptors (Lipinski definition) is 6. The van der Waals surface area contributed by atoms with Gasteiger partial charge in [0.15, 0.2) is 0 Å². The van der Waals surface area contributed by atoms with Crippen LogP contribution in [0.15, 0.2) is 60.9 Å². The van der Waals surface area contributed by atoms with Crippen molar-refractivity contribution in [3.63, 3.8) is 0 Å². The van der Waals surface area contributed by atoms with Gasteiger partial charge in [-0.2, -0.15) is 0 Å². The van der Waals surface area contributed by atoms with E-state index in [0.717, 1.165) is 13.4 Å². The minimum atomic E-state index is -1.99. The summed E-state index contributed by atoms with van der Waals surface area (Å²) >= 11 is 11.6. The number of nitrogens with two attached hydrogens (primary N) is 1. The van der Waals surface area contributed by atoms with Crippen LogP contribution in [0.25, 0.3) is 0 Å². The van der Waals surface area contributed by atoms with Crippen LogP contribution in [0.3, 0.4) is 0 Å². The Hall–Kier alpha value is -2.42. The van der Waals surface area contributed by atoms with E-state index < -0.39 is 34.2 Å². The van der Waals surface area contributed by atoms with Gasteiger partial charge in [-0.05, 0) is 79.3 Å². The molecule has 2 aromatic rings. The van der Waals surface area contributed by atoms with Crippen LogP contribution in [0.4, 0.5) is 0 Å². The molecule has 2 aromatic carbocycles. The number of β-lactam (4-membered cyclic amide) rings is 1. The Morgan fingerprint density at radius 3 is 2.36 bits per heavy atom. The molecule has 206 valence electrons. The van der Waals surface area contributed by atoms with E-state index >= 15 is 0 Å². The SMILES string of the molecule is CC1(C)S[C@@H]2CC(=O)N2[C@@]1(NC(=O)C(NC(=O)CN=C(N)c1cc(Br)c(Br)c(Br)c1)c1ccccc1)C(=O)O. The van der Waals surface area contributed by atoms with E-state index in [0.29, 0.717) is 11.1 Å². The zero-order chi connectivity index (χ0) is 28.7. The summed E-state index contributed by atoms with van der Waals surface area (Å²) in [6.45, 7) is 2.96. The third-order valence-corrected chi connectivity index (χ3v) is 11.3. The van der Waals surface area contributed by atoms with Gasteiger partial charge in [0.1, 0.15) is 18.4 Å². The number of carboxylic acid groups (broad SMARTS) is 1. The van der Waals surface area contributed by atoms with Crippen LogP contribution in [-0.4, -0.2) is 61.9 Å². The number of aliphatic imine (C=N–C) groups is 1. The number of halogens is 3. The normalized spacial score (nSPS) is 22.5. The minimum absolute atomic E-state index is 0.108. The van der Waals surface area contributed by atoms with Crippen molar-refractivity contribution in [3.05, 3.63) is 67.0 Å². The first kappa shape index (κ1) is 29.6. The fraction of sp³-hybridized carbons (Fsp3) is 0.320. The first-order chi connectivity index (χ1) is 18.3. The zero-order valence-corrected chi connectivity index (χ0v) is 26.3. The Labute approximate surface area is 253 Å². The summed E-state index contributed by atoms with van der Waals surface area (Å²) in [5, 5.41) is 15.2. The van der Waals surface area contributed by atoms with E-state index in [4.69, 9.17) is 5.73 Å². The average Bonchev–Trinajstić information content (AvgIpc) is 3.06. The zero-order valence-electron chi connectivity index (χ0n) is 20.7. The highest BCUT2D eigenvalue weighted by molar-refractivity contribution is 9.14. The molecule has 5 N–H and O–H groups in total. The maximum atomic E-state index is 13.7. The van der Waals surface area contributed by atoms with Crippen LogP contribution in [0.1, 0.15) is 37.4 Å². The topological polar surface area (TPSA) is 154 Å². The maximum absolute atomic E-state index is 13.7. The molecule has 2 heterocycles. The van der Waals surface area contributed by atoms with Crippen LogP contribution in [-0.2, 0) is 19.2 Å². The number of amidine groups is 1. The van der Waals surface area contributed by atoms with Crippen LogP contribution in [0, 0.1) is 0 Å². The van der Waals surface area contributed by atoms with Crippen LogP contribution >= 0.6 is 59.6 Å². The summed E-state index contributed by atoms with van der Waals surface area (Å²) in [4.78, 5) is 57.1. The van der Waals surface area contributed by atoms with Gasteiger partial charge in [-0.15, -0.1) is 11.8 Å². The summed E-state index contributed by atoms with van der Waals surface area (Å²) in [5.74, 6) is -3.00. The van der Waals surface area contributed by atoms with Crippen molar-refractivity contribution in [1.82, 2.24) is 15.5 Å². The van der Waals surface area contributed by atoms with Crippen LogP contribution in [0.2, 0.25) is 0 Å². The third kappa shape index (κ3) is 5.48. The average molecular weight is 746 g/mol. The number of carboxylic acids is 1. The summed E-state index contributed by atoms with van der Waals surface area (Å²) < 4.78 is 1.22. The monoisotopic (exact) mass is 743 g/mol. The lowest BCUT2D eigenvalue weighted by atomic mass is 9.89. The number of thioether (sulfide) groups is 1. The summed E-state index contributed by atoms with van der Waals surface area (Å²) in [7, 11) is 0.